The number of nitro groups is 1. The molecule has 0 radical (unpaired) electrons. The lowest BCUT2D eigenvalue weighted by atomic mass is 9.85. The first-order chi connectivity index (χ1) is 9.51. The van der Waals surface area contributed by atoms with E-state index in [0.29, 0.717) is 18.1 Å². The second kappa shape index (κ2) is 7.38. The van der Waals surface area contributed by atoms with Crippen LogP contribution in [0.3, 0.4) is 0 Å². The predicted molar refractivity (Wildman–Crippen MR) is 82.0 cm³/mol. The van der Waals surface area contributed by atoms with Crippen LogP contribution in [0.5, 0.6) is 11.5 Å². The molecule has 112 valence electrons. The lowest BCUT2D eigenvalue weighted by Crippen LogP contribution is -2.29. The Morgan fingerprint density at radius 3 is 2.40 bits per heavy atom. The molecule has 0 saturated carbocycles. The third-order valence-electron chi connectivity index (χ3n) is 3.73. The van der Waals surface area contributed by atoms with Crippen LogP contribution < -0.4 is 9.47 Å². The smallest absolute Gasteiger partial charge is 0.273 e. The summed E-state index contributed by atoms with van der Waals surface area (Å²) in [4.78, 5) is 10.3. The van der Waals surface area contributed by atoms with Crippen LogP contribution in [0.25, 0.3) is 0 Å². The van der Waals surface area contributed by atoms with Gasteiger partial charge in [0.1, 0.15) is 0 Å². The van der Waals surface area contributed by atoms with Gasteiger partial charge in [-0.05, 0) is 24.7 Å². The van der Waals surface area contributed by atoms with E-state index in [9.17, 15) is 10.1 Å². The van der Waals surface area contributed by atoms with E-state index < -0.39 is 4.92 Å². The average Bonchev–Trinajstić information content (AvgIpc) is 2.49. The second-order valence-electron chi connectivity index (χ2n) is 4.75. The SMILES string of the molecule is CCC(CC)(CS)COc1ccc([N+](=O)[O-])cc1OC. The molecule has 0 aliphatic heterocycles. The molecule has 0 saturated heterocycles. The van der Waals surface area contributed by atoms with Gasteiger partial charge in [-0.2, -0.15) is 12.6 Å². The van der Waals surface area contributed by atoms with Crippen LogP contribution in [0, 0.1) is 15.5 Å². The Labute approximate surface area is 124 Å². The van der Waals surface area contributed by atoms with Gasteiger partial charge in [0.2, 0.25) is 0 Å². The molecule has 1 rings (SSSR count). The van der Waals surface area contributed by atoms with Crippen molar-refractivity contribution in [1.82, 2.24) is 0 Å². The lowest BCUT2D eigenvalue weighted by molar-refractivity contribution is -0.385. The zero-order chi connectivity index (χ0) is 15.2. The largest absolute Gasteiger partial charge is 0.493 e. The second-order valence-corrected chi connectivity index (χ2v) is 5.06. The quantitative estimate of drug-likeness (QED) is 0.451. The van der Waals surface area contributed by atoms with Gasteiger partial charge in [0, 0.05) is 11.5 Å². The molecule has 0 spiro atoms. The number of hydrogen-bond donors (Lipinski definition) is 1. The van der Waals surface area contributed by atoms with Crippen LogP contribution >= 0.6 is 12.6 Å². The first-order valence-electron chi connectivity index (χ1n) is 6.58. The van der Waals surface area contributed by atoms with Crippen LogP contribution in [-0.4, -0.2) is 24.4 Å². The van der Waals surface area contributed by atoms with Crippen LogP contribution in [0.15, 0.2) is 18.2 Å². The molecule has 0 bridgehead atoms. The van der Waals surface area contributed by atoms with Crippen LogP contribution in [-0.2, 0) is 0 Å². The Balaban J connectivity index is 2.90. The lowest BCUT2D eigenvalue weighted by Gasteiger charge is -2.29. The Morgan fingerprint density at radius 2 is 1.95 bits per heavy atom. The molecular formula is C14H21NO4S. The summed E-state index contributed by atoms with van der Waals surface area (Å²) in [5.74, 6) is 1.63. The highest BCUT2D eigenvalue weighted by molar-refractivity contribution is 7.80. The molecular weight excluding hydrogens is 278 g/mol. The number of benzene rings is 1. The van der Waals surface area contributed by atoms with Gasteiger partial charge in [-0.3, -0.25) is 10.1 Å². The van der Waals surface area contributed by atoms with Gasteiger partial charge in [0.05, 0.1) is 24.7 Å². The maximum atomic E-state index is 10.7. The van der Waals surface area contributed by atoms with E-state index in [4.69, 9.17) is 9.47 Å². The molecule has 5 nitrogen and oxygen atoms in total. The van der Waals surface area contributed by atoms with Gasteiger partial charge in [0.15, 0.2) is 11.5 Å². The molecule has 0 heterocycles. The minimum Gasteiger partial charge on any atom is -0.493 e. The van der Waals surface area contributed by atoms with Crippen molar-refractivity contribution in [2.45, 2.75) is 26.7 Å². The Hall–Kier alpha value is -1.43. The fourth-order valence-electron chi connectivity index (χ4n) is 1.84. The molecule has 0 aliphatic rings. The maximum absolute atomic E-state index is 10.7. The van der Waals surface area contributed by atoms with Crippen LogP contribution in [0.2, 0.25) is 0 Å². The summed E-state index contributed by atoms with van der Waals surface area (Å²) in [6, 6.07) is 4.36. The summed E-state index contributed by atoms with van der Waals surface area (Å²) < 4.78 is 11.0. The van der Waals surface area contributed by atoms with Crippen molar-refractivity contribution in [1.29, 1.82) is 0 Å². The molecule has 1 aromatic carbocycles. The standard InChI is InChI=1S/C14H21NO4S/c1-4-14(5-2,10-20)9-19-12-7-6-11(15(16)17)8-13(12)18-3/h6-8,20H,4-5,9-10H2,1-3H3. The van der Waals surface area contributed by atoms with Crippen molar-refractivity contribution in [2.24, 2.45) is 5.41 Å². The van der Waals surface area contributed by atoms with Crippen LogP contribution in [0.4, 0.5) is 5.69 Å². The monoisotopic (exact) mass is 299 g/mol. The van der Waals surface area contributed by atoms with E-state index in [-0.39, 0.29) is 11.1 Å². The highest BCUT2D eigenvalue weighted by Crippen LogP contribution is 2.34. The highest BCUT2D eigenvalue weighted by Gasteiger charge is 2.26. The normalized spacial score (nSPS) is 11.2. The summed E-state index contributed by atoms with van der Waals surface area (Å²) in [7, 11) is 1.47. The molecule has 0 amide bonds. The van der Waals surface area contributed by atoms with E-state index in [1.807, 2.05) is 0 Å². The number of rotatable bonds is 8. The van der Waals surface area contributed by atoms with E-state index in [0.717, 1.165) is 18.6 Å². The summed E-state index contributed by atoms with van der Waals surface area (Å²) in [5.41, 5.74) is -0.00348. The van der Waals surface area contributed by atoms with Crippen LogP contribution in [0.1, 0.15) is 26.7 Å². The summed E-state index contributed by atoms with van der Waals surface area (Å²) in [5, 5.41) is 10.7. The molecule has 0 aliphatic carbocycles. The number of nitro benzene ring substituents is 1. The van der Waals surface area contributed by atoms with Gasteiger partial charge >= 0.3 is 0 Å². The Bertz CT molecular complexity index is 452. The molecule has 1 aromatic rings. The first kappa shape index (κ1) is 16.6. The molecule has 0 fully saturated rings. The van der Waals surface area contributed by atoms with E-state index in [2.05, 4.69) is 26.5 Å². The average molecular weight is 299 g/mol. The van der Waals surface area contributed by atoms with Crippen molar-refractivity contribution in [2.75, 3.05) is 19.5 Å². The third kappa shape index (κ3) is 3.79. The molecule has 0 atom stereocenters. The van der Waals surface area contributed by atoms with Crippen molar-refractivity contribution in [3.8, 4) is 11.5 Å². The number of ether oxygens (including phenoxy) is 2. The van der Waals surface area contributed by atoms with Gasteiger partial charge < -0.3 is 9.47 Å². The van der Waals surface area contributed by atoms with Crippen molar-refractivity contribution >= 4 is 18.3 Å². The van der Waals surface area contributed by atoms with Crippen molar-refractivity contribution in [3.05, 3.63) is 28.3 Å². The fraction of sp³-hybridized carbons (Fsp3) is 0.571. The third-order valence-corrected chi connectivity index (χ3v) is 4.40. The topological polar surface area (TPSA) is 61.6 Å². The van der Waals surface area contributed by atoms with E-state index in [1.54, 1.807) is 6.07 Å². The van der Waals surface area contributed by atoms with E-state index >= 15 is 0 Å². The zero-order valence-corrected chi connectivity index (χ0v) is 13.0. The summed E-state index contributed by atoms with van der Waals surface area (Å²) in [6.45, 7) is 4.73. The minimum atomic E-state index is -0.456. The van der Waals surface area contributed by atoms with E-state index in [1.165, 1.54) is 19.2 Å². The molecule has 6 heteroatoms. The Kier molecular flexibility index (Phi) is 6.13. The molecule has 0 N–H and O–H groups in total. The van der Waals surface area contributed by atoms with Gasteiger partial charge in [-0.15, -0.1) is 0 Å². The zero-order valence-electron chi connectivity index (χ0n) is 12.1. The number of methoxy groups -OCH3 is 1. The molecule has 20 heavy (non-hydrogen) atoms. The summed E-state index contributed by atoms with van der Waals surface area (Å²) >= 11 is 4.40. The number of nitrogens with zero attached hydrogens (tertiary/aromatic N) is 1. The maximum Gasteiger partial charge on any atom is 0.273 e. The van der Waals surface area contributed by atoms with Crippen molar-refractivity contribution in [3.63, 3.8) is 0 Å². The van der Waals surface area contributed by atoms with Gasteiger partial charge in [-0.25, -0.2) is 0 Å². The highest BCUT2D eigenvalue weighted by atomic mass is 32.1. The number of hydrogen-bond acceptors (Lipinski definition) is 5. The molecule has 0 unspecified atom stereocenters. The number of non-ortho nitro benzene ring substituents is 1. The number of thiol groups is 1. The van der Waals surface area contributed by atoms with Gasteiger partial charge in [-0.1, -0.05) is 13.8 Å². The Morgan fingerprint density at radius 1 is 1.30 bits per heavy atom. The van der Waals surface area contributed by atoms with Gasteiger partial charge in [0.25, 0.3) is 5.69 Å². The minimum absolute atomic E-state index is 0.00982. The predicted octanol–water partition coefficient (Wildman–Crippen LogP) is 3.72. The fourth-order valence-corrected chi connectivity index (χ4v) is 2.38. The summed E-state index contributed by atoms with van der Waals surface area (Å²) in [6.07, 6.45) is 1.92. The first-order valence-corrected chi connectivity index (χ1v) is 7.21. The molecule has 0 aromatic heterocycles. The van der Waals surface area contributed by atoms with Crippen molar-refractivity contribution < 1.29 is 14.4 Å².